The monoisotopic (exact) mass is 303 g/mol. The van der Waals surface area contributed by atoms with Crippen molar-refractivity contribution in [1.82, 2.24) is 25.2 Å². The summed E-state index contributed by atoms with van der Waals surface area (Å²) in [5.74, 6) is 1.08. The molecule has 118 valence electrons. The van der Waals surface area contributed by atoms with Crippen LogP contribution >= 0.6 is 0 Å². The molecule has 0 radical (unpaired) electrons. The van der Waals surface area contributed by atoms with Crippen molar-refractivity contribution in [3.05, 3.63) is 35.6 Å². The maximum absolute atomic E-state index is 12.1. The van der Waals surface area contributed by atoms with Gasteiger partial charge in [-0.1, -0.05) is 0 Å². The predicted octanol–water partition coefficient (Wildman–Crippen LogP) is 1.34. The predicted molar refractivity (Wildman–Crippen MR) is 80.5 cm³/mol. The normalized spacial score (nSPS) is 18.4. The molecule has 7 heteroatoms. The van der Waals surface area contributed by atoms with E-state index in [1.54, 1.807) is 12.5 Å². The number of nitrogens with one attached hydrogen (secondary N) is 2. The van der Waals surface area contributed by atoms with Crippen molar-refractivity contribution >= 4 is 5.91 Å². The molecule has 1 saturated heterocycles. The van der Waals surface area contributed by atoms with E-state index in [1.165, 1.54) is 0 Å². The summed E-state index contributed by atoms with van der Waals surface area (Å²) in [6, 6.07) is 0.375. The number of oxazole rings is 1. The average molecular weight is 303 g/mol. The molecule has 1 aliphatic heterocycles. The van der Waals surface area contributed by atoms with Gasteiger partial charge >= 0.3 is 0 Å². The van der Waals surface area contributed by atoms with E-state index in [0.29, 0.717) is 17.6 Å². The van der Waals surface area contributed by atoms with Gasteiger partial charge in [-0.3, -0.25) is 4.79 Å². The van der Waals surface area contributed by atoms with Crippen LogP contribution in [-0.2, 0) is 6.54 Å². The second-order valence-electron chi connectivity index (χ2n) is 5.64. The molecular weight excluding hydrogens is 282 g/mol. The number of carbonyl (C=O) groups excluding carboxylic acids is 1. The van der Waals surface area contributed by atoms with E-state index < -0.39 is 0 Å². The molecule has 3 rings (SSSR count). The first-order valence-corrected chi connectivity index (χ1v) is 7.59. The van der Waals surface area contributed by atoms with Crippen LogP contribution in [0.1, 0.15) is 46.7 Å². The fourth-order valence-electron chi connectivity index (χ4n) is 2.60. The van der Waals surface area contributed by atoms with Crippen LogP contribution in [-0.4, -0.2) is 33.5 Å². The molecule has 0 aromatic carbocycles. The van der Waals surface area contributed by atoms with Crippen LogP contribution in [0.4, 0.5) is 0 Å². The van der Waals surface area contributed by atoms with Crippen LogP contribution in [0.5, 0.6) is 0 Å². The van der Waals surface area contributed by atoms with Gasteiger partial charge in [0, 0.05) is 18.8 Å². The first-order chi connectivity index (χ1) is 10.6. The second-order valence-corrected chi connectivity index (χ2v) is 5.64. The third-order valence-electron chi connectivity index (χ3n) is 4.00. The number of hydrogen-bond acceptors (Lipinski definition) is 5. The number of rotatable bonds is 4. The Hall–Kier alpha value is -2.15. The maximum Gasteiger partial charge on any atom is 0.271 e. The number of amides is 1. The summed E-state index contributed by atoms with van der Waals surface area (Å²) in [5, 5.41) is 6.14. The van der Waals surface area contributed by atoms with Crippen LogP contribution in [0.3, 0.4) is 0 Å². The van der Waals surface area contributed by atoms with Gasteiger partial charge in [-0.2, -0.15) is 0 Å². The Labute approximate surface area is 129 Å². The number of nitrogens with zero attached hydrogens (tertiary/aromatic N) is 3. The molecule has 22 heavy (non-hydrogen) atoms. The molecule has 0 spiro atoms. The lowest BCUT2D eigenvalue weighted by Crippen LogP contribution is -2.31. The summed E-state index contributed by atoms with van der Waals surface area (Å²) >= 11 is 0. The van der Waals surface area contributed by atoms with E-state index in [4.69, 9.17) is 4.42 Å². The molecular formula is C15H21N5O2. The van der Waals surface area contributed by atoms with Gasteiger partial charge in [0.05, 0.1) is 18.6 Å². The van der Waals surface area contributed by atoms with Gasteiger partial charge in [-0.05, 0) is 33.2 Å². The Kier molecular flexibility index (Phi) is 4.24. The smallest absolute Gasteiger partial charge is 0.271 e. The highest BCUT2D eigenvalue weighted by atomic mass is 16.4. The van der Waals surface area contributed by atoms with Gasteiger partial charge < -0.3 is 19.6 Å². The van der Waals surface area contributed by atoms with E-state index >= 15 is 0 Å². The molecule has 3 heterocycles. The minimum atomic E-state index is -0.212. The van der Waals surface area contributed by atoms with Crippen molar-refractivity contribution < 1.29 is 9.21 Å². The maximum atomic E-state index is 12.1. The number of piperidine rings is 1. The molecule has 0 aliphatic carbocycles. The van der Waals surface area contributed by atoms with Gasteiger partial charge in [0.15, 0.2) is 0 Å². The third-order valence-corrected chi connectivity index (χ3v) is 4.00. The zero-order valence-electron chi connectivity index (χ0n) is 12.9. The molecule has 0 bridgehead atoms. The molecule has 2 aromatic rings. The minimum absolute atomic E-state index is 0.212. The lowest BCUT2D eigenvalue weighted by Gasteiger charge is -2.23. The van der Waals surface area contributed by atoms with E-state index in [0.717, 1.165) is 37.4 Å². The molecule has 1 atom stereocenters. The molecule has 2 aromatic heterocycles. The average Bonchev–Trinajstić information content (AvgIpc) is 3.14. The number of aryl methyl sites for hydroxylation is 2. The fourth-order valence-corrected chi connectivity index (χ4v) is 2.60. The number of aromatic nitrogens is 3. The van der Waals surface area contributed by atoms with Gasteiger partial charge in [0.25, 0.3) is 5.91 Å². The van der Waals surface area contributed by atoms with Crippen molar-refractivity contribution in [1.29, 1.82) is 0 Å². The van der Waals surface area contributed by atoms with Crippen LogP contribution in [0.2, 0.25) is 0 Å². The Morgan fingerprint density at radius 1 is 1.55 bits per heavy atom. The summed E-state index contributed by atoms with van der Waals surface area (Å²) in [6.45, 7) is 5.99. The second kappa shape index (κ2) is 6.31. The van der Waals surface area contributed by atoms with Crippen molar-refractivity contribution in [3.8, 4) is 0 Å². The van der Waals surface area contributed by atoms with Crippen LogP contribution in [0.15, 0.2) is 16.9 Å². The largest absolute Gasteiger partial charge is 0.444 e. The van der Waals surface area contributed by atoms with Gasteiger partial charge in [-0.15, -0.1) is 0 Å². The Morgan fingerprint density at radius 3 is 3.09 bits per heavy atom. The Bertz CT molecular complexity index is 635. The standard InChI is InChI=1S/C15H21N5O2/c1-10-11(2)22-14(19-10)7-17-15(21)13-8-20(9-18-13)12-4-3-5-16-6-12/h8-9,12,16H,3-7H2,1-2H3,(H,17,21). The number of imidazole rings is 1. The van der Waals surface area contributed by atoms with Crippen molar-refractivity contribution in [3.63, 3.8) is 0 Å². The molecule has 1 amide bonds. The highest BCUT2D eigenvalue weighted by molar-refractivity contribution is 5.91. The molecule has 0 saturated carbocycles. The first kappa shape index (κ1) is 14.8. The Balaban J connectivity index is 1.59. The van der Waals surface area contributed by atoms with E-state index in [-0.39, 0.29) is 12.5 Å². The summed E-state index contributed by atoms with van der Waals surface area (Å²) < 4.78 is 7.46. The SMILES string of the molecule is Cc1nc(CNC(=O)c2cn(C3CCCNC3)cn2)oc1C. The third kappa shape index (κ3) is 3.19. The van der Waals surface area contributed by atoms with Gasteiger partial charge in [0.2, 0.25) is 5.89 Å². The summed E-state index contributed by atoms with van der Waals surface area (Å²) in [6.07, 6.45) is 5.79. The quantitative estimate of drug-likeness (QED) is 0.890. The molecule has 1 aliphatic rings. The lowest BCUT2D eigenvalue weighted by atomic mass is 10.1. The molecule has 1 fully saturated rings. The molecule has 2 N–H and O–H groups in total. The van der Waals surface area contributed by atoms with Crippen LogP contribution < -0.4 is 10.6 Å². The summed E-state index contributed by atoms with van der Waals surface area (Å²) in [7, 11) is 0. The zero-order chi connectivity index (χ0) is 15.5. The van der Waals surface area contributed by atoms with Crippen molar-refractivity contribution in [2.45, 2.75) is 39.3 Å². The van der Waals surface area contributed by atoms with Crippen LogP contribution in [0.25, 0.3) is 0 Å². The summed E-state index contributed by atoms with van der Waals surface area (Å²) in [4.78, 5) is 20.6. The topological polar surface area (TPSA) is 85.0 Å². The highest BCUT2D eigenvalue weighted by Gasteiger charge is 2.17. The first-order valence-electron chi connectivity index (χ1n) is 7.59. The van der Waals surface area contributed by atoms with E-state index in [1.807, 2.05) is 18.4 Å². The van der Waals surface area contributed by atoms with E-state index in [9.17, 15) is 4.79 Å². The molecule has 7 nitrogen and oxygen atoms in total. The lowest BCUT2D eigenvalue weighted by molar-refractivity contribution is 0.0942. The summed E-state index contributed by atoms with van der Waals surface area (Å²) in [5.41, 5.74) is 1.27. The van der Waals surface area contributed by atoms with Crippen molar-refractivity contribution in [2.24, 2.45) is 0 Å². The molecule has 1 unspecified atom stereocenters. The Morgan fingerprint density at radius 2 is 2.41 bits per heavy atom. The van der Waals surface area contributed by atoms with Crippen molar-refractivity contribution in [2.75, 3.05) is 13.1 Å². The van der Waals surface area contributed by atoms with Crippen LogP contribution in [0, 0.1) is 13.8 Å². The highest BCUT2D eigenvalue weighted by Crippen LogP contribution is 2.16. The van der Waals surface area contributed by atoms with E-state index in [2.05, 4.69) is 20.6 Å². The van der Waals surface area contributed by atoms with Gasteiger partial charge in [-0.25, -0.2) is 9.97 Å². The number of hydrogen-bond donors (Lipinski definition) is 2. The zero-order valence-corrected chi connectivity index (χ0v) is 12.9. The minimum Gasteiger partial charge on any atom is -0.444 e. The fraction of sp³-hybridized carbons (Fsp3) is 0.533. The van der Waals surface area contributed by atoms with Gasteiger partial charge in [0.1, 0.15) is 11.5 Å². The number of carbonyl (C=O) groups is 1.